The van der Waals surface area contributed by atoms with Crippen LogP contribution in [0, 0.1) is 0 Å². The summed E-state index contributed by atoms with van der Waals surface area (Å²) in [6.45, 7) is 1.63. The SMILES string of the molecule is CN(Cc1ccc(Br)cc1)Cc1cnc(N)cn1. The quantitative estimate of drug-likeness (QED) is 0.942. The van der Waals surface area contributed by atoms with E-state index in [1.54, 1.807) is 12.4 Å². The lowest BCUT2D eigenvalue weighted by molar-refractivity contribution is 0.314. The normalized spacial score (nSPS) is 10.8. The zero-order chi connectivity index (χ0) is 13.0. The zero-order valence-electron chi connectivity index (χ0n) is 10.2. The molecule has 0 unspecified atom stereocenters. The van der Waals surface area contributed by atoms with Gasteiger partial charge >= 0.3 is 0 Å². The van der Waals surface area contributed by atoms with Crippen molar-refractivity contribution in [3.63, 3.8) is 0 Å². The van der Waals surface area contributed by atoms with Crippen LogP contribution in [0.2, 0.25) is 0 Å². The maximum atomic E-state index is 5.50. The first-order valence-electron chi connectivity index (χ1n) is 5.63. The van der Waals surface area contributed by atoms with Gasteiger partial charge in [-0.25, -0.2) is 4.98 Å². The Bertz CT molecular complexity index is 448. The molecule has 1 aromatic heterocycles. The van der Waals surface area contributed by atoms with Gasteiger partial charge in [-0.1, -0.05) is 28.1 Å². The van der Waals surface area contributed by atoms with Crippen molar-refractivity contribution >= 4 is 21.7 Å². The van der Waals surface area contributed by atoms with Crippen LogP contribution in [0.3, 0.4) is 0 Å². The van der Waals surface area contributed by atoms with E-state index in [1.165, 1.54) is 5.56 Å². The molecular formula is C13H15BrN4. The molecule has 0 aliphatic carbocycles. The van der Waals surface area contributed by atoms with E-state index < -0.39 is 0 Å². The summed E-state index contributed by atoms with van der Waals surface area (Å²) < 4.78 is 1.10. The van der Waals surface area contributed by atoms with Crippen LogP contribution < -0.4 is 5.73 Å². The average Bonchev–Trinajstić information content (AvgIpc) is 2.35. The summed E-state index contributed by atoms with van der Waals surface area (Å²) in [4.78, 5) is 10.5. The number of hydrogen-bond donors (Lipinski definition) is 1. The molecule has 94 valence electrons. The molecule has 5 heteroatoms. The maximum absolute atomic E-state index is 5.50. The maximum Gasteiger partial charge on any atom is 0.141 e. The molecule has 2 rings (SSSR count). The van der Waals surface area contributed by atoms with Crippen LogP contribution in [0.1, 0.15) is 11.3 Å². The minimum absolute atomic E-state index is 0.453. The molecule has 1 heterocycles. The minimum Gasteiger partial charge on any atom is -0.382 e. The van der Waals surface area contributed by atoms with E-state index in [9.17, 15) is 0 Å². The minimum atomic E-state index is 0.453. The van der Waals surface area contributed by atoms with Gasteiger partial charge < -0.3 is 5.73 Å². The van der Waals surface area contributed by atoms with E-state index in [1.807, 2.05) is 12.1 Å². The van der Waals surface area contributed by atoms with Gasteiger partial charge in [0, 0.05) is 17.6 Å². The second-order valence-corrected chi connectivity index (χ2v) is 5.15. The van der Waals surface area contributed by atoms with Gasteiger partial charge in [-0.05, 0) is 24.7 Å². The first kappa shape index (κ1) is 13.0. The topological polar surface area (TPSA) is 55.0 Å². The zero-order valence-corrected chi connectivity index (χ0v) is 11.8. The highest BCUT2D eigenvalue weighted by atomic mass is 79.9. The molecule has 0 amide bonds. The van der Waals surface area contributed by atoms with Crippen LogP contribution in [-0.4, -0.2) is 21.9 Å². The fourth-order valence-electron chi connectivity index (χ4n) is 1.68. The van der Waals surface area contributed by atoms with Crippen LogP contribution >= 0.6 is 15.9 Å². The molecule has 0 saturated carbocycles. The Morgan fingerprint density at radius 2 is 1.83 bits per heavy atom. The second-order valence-electron chi connectivity index (χ2n) is 4.23. The molecule has 1 aromatic carbocycles. The van der Waals surface area contributed by atoms with Crippen LogP contribution in [0.25, 0.3) is 0 Å². The third-order valence-corrected chi connectivity index (χ3v) is 3.05. The third kappa shape index (κ3) is 3.78. The fraction of sp³-hybridized carbons (Fsp3) is 0.231. The number of rotatable bonds is 4. The lowest BCUT2D eigenvalue weighted by atomic mass is 10.2. The molecule has 0 radical (unpaired) electrons. The first-order valence-corrected chi connectivity index (χ1v) is 6.42. The standard InChI is InChI=1S/C13H15BrN4/c1-18(8-10-2-4-11(14)5-3-10)9-12-6-17-13(15)7-16-12/h2-7H,8-9H2,1H3,(H2,15,17). The number of nitrogens with zero attached hydrogens (tertiary/aromatic N) is 3. The molecule has 18 heavy (non-hydrogen) atoms. The predicted octanol–water partition coefficient (Wildman–Crippen LogP) is 2.45. The van der Waals surface area contributed by atoms with E-state index in [-0.39, 0.29) is 0 Å². The molecule has 0 saturated heterocycles. The number of aromatic nitrogens is 2. The number of anilines is 1. The van der Waals surface area contributed by atoms with Gasteiger partial charge in [0.05, 0.1) is 18.1 Å². The molecule has 0 atom stereocenters. The monoisotopic (exact) mass is 306 g/mol. The summed E-state index contributed by atoms with van der Waals surface area (Å²) in [6, 6.07) is 8.31. The number of nitrogen functional groups attached to an aromatic ring is 1. The lowest BCUT2D eigenvalue weighted by Gasteiger charge is -2.16. The summed E-state index contributed by atoms with van der Waals surface area (Å²) in [5.74, 6) is 0.453. The van der Waals surface area contributed by atoms with E-state index in [4.69, 9.17) is 5.73 Å². The molecule has 0 aliphatic heterocycles. The van der Waals surface area contributed by atoms with Gasteiger partial charge in [0.1, 0.15) is 5.82 Å². The van der Waals surface area contributed by atoms with Crippen molar-refractivity contribution in [3.05, 3.63) is 52.4 Å². The average molecular weight is 307 g/mol. The fourth-order valence-corrected chi connectivity index (χ4v) is 1.94. The van der Waals surface area contributed by atoms with Gasteiger partial charge in [0.2, 0.25) is 0 Å². The van der Waals surface area contributed by atoms with Gasteiger partial charge in [-0.3, -0.25) is 9.88 Å². The van der Waals surface area contributed by atoms with Crippen molar-refractivity contribution in [2.75, 3.05) is 12.8 Å². The Morgan fingerprint density at radius 3 is 2.44 bits per heavy atom. The van der Waals surface area contributed by atoms with Crippen molar-refractivity contribution in [1.82, 2.24) is 14.9 Å². The Hall–Kier alpha value is -1.46. The van der Waals surface area contributed by atoms with Crippen LogP contribution in [0.5, 0.6) is 0 Å². The van der Waals surface area contributed by atoms with Crippen molar-refractivity contribution in [2.45, 2.75) is 13.1 Å². The Morgan fingerprint density at radius 1 is 1.11 bits per heavy atom. The molecule has 0 bridgehead atoms. The predicted molar refractivity (Wildman–Crippen MR) is 75.8 cm³/mol. The smallest absolute Gasteiger partial charge is 0.141 e. The van der Waals surface area contributed by atoms with E-state index in [2.05, 4.69) is 50.0 Å². The number of nitrogens with two attached hydrogens (primary N) is 1. The highest BCUT2D eigenvalue weighted by Gasteiger charge is 2.03. The Balaban J connectivity index is 1.94. The van der Waals surface area contributed by atoms with E-state index in [0.717, 1.165) is 23.3 Å². The first-order chi connectivity index (χ1) is 8.63. The van der Waals surface area contributed by atoms with Crippen molar-refractivity contribution < 1.29 is 0 Å². The molecule has 0 fully saturated rings. The second kappa shape index (κ2) is 5.93. The van der Waals surface area contributed by atoms with E-state index >= 15 is 0 Å². The summed E-state index contributed by atoms with van der Waals surface area (Å²) in [7, 11) is 2.06. The molecule has 2 aromatic rings. The summed E-state index contributed by atoms with van der Waals surface area (Å²) in [6.07, 6.45) is 3.30. The van der Waals surface area contributed by atoms with Crippen LogP contribution in [-0.2, 0) is 13.1 Å². The number of hydrogen-bond acceptors (Lipinski definition) is 4. The van der Waals surface area contributed by atoms with Crippen molar-refractivity contribution in [1.29, 1.82) is 0 Å². The molecule has 0 spiro atoms. The number of halogens is 1. The highest BCUT2D eigenvalue weighted by Crippen LogP contribution is 2.12. The third-order valence-electron chi connectivity index (χ3n) is 2.52. The number of benzene rings is 1. The van der Waals surface area contributed by atoms with Gasteiger partial charge in [0.25, 0.3) is 0 Å². The highest BCUT2D eigenvalue weighted by molar-refractivity contribution is 9.10. The largest absolute Gasteiger partial charge is 0.382 e. The summed E-state index contributed by atoms with van der Waals surface area (Å²) >= 11 is 3.43. The van der Waals surface area contributed by atoms with Gasteiger partial charge in [0.15, 0.2) is 0 Å². The summed E-state index contributed by atoms with van der Waals surface area (Å²) in [5, 5.41) is 0. The van der Waals surface area contributed by atoms with E-state index in [0.29, 0.717) is 5.82 Å². The van der Waals surface area contributed by atoms with Crippen molar-refractivity contribution in [3.8, 4) is 0 Å². The molecular weight excluding hydrogens is 292 g/mol. The Kier molecular flexibility index (Phi) is 4.28. The van der Waals surface area contributed by atoms with Gasteiger partial charge in [-0.15, -0.1) is 0 Å². The Labute approximate surface area is 115 Å². The summed E-state index contributed by atoms with van der Waals surface area (Å²) in [5.41, 5.74) is 7.69. The van der Waals surface area contributed by atoms with Crippen LogP contribution in [0.15, 0.2) is 41.1 Å². The molecule has 0 aliphatic rings. The van der Waals surface area contributed by atoms with Crippen molar-refractivity contribution in [2.24, 2.45) is 0 Å². The molecule has 4 nitrogen and oxygen atoms in total. The lowest BCUT2D eigenvalue weighted by Crippen LogP contribution is -2.18. The van der Waals surface area contributed by atoms with Gasteiger partial charge in [-0.2, -0.15) is 0 Å². The van der Waals surface area contributed by atoms with Crippen LogP contribution in [0.4, 0.5) is 5.82 Å². The molecule has 2 N–H and O–H groups in total.